The molecule has 0 spiro atoms. The monoisotopic (exact) mass is 295 g/mol. The molecule has 0 unspecified atom stereocenters. The van der Waals surface area contributed by atoms with Gasteiger partial charge in [-0.1, -0.05) is 12.1 Å². The summed E-state index contributed by atoms with van der Waals surface area (Å²) in [7, 11) is 1.34. The van der Waals surface area contributed by atoms with Crippen LogP contribution in [0.3, 0.4) is 0 Å². The van der Waals surface area contributed by atoms with Gasteiger partial charge in [0.25, 0.3) is 5.91 Å². The van der Waals surface area contributed by atoms with Gasteiger partial charge < -0.3 is 14.4 Å². The average Bonchev–Trinajstić information content (AvgIpc) is 2.53. The highest BCUT2D eigenvalue weighted by Gasteiger charge is 2.29. The number of nitrogens with zero attached hydrogens (tertiary/aromatic N) is 1. The van der Waals surface area contributed by atoms with Crippen molar-refractivity contribution in [3.05, 3.63) is 30.1 Å². The molecule has 1 saturated heterocycles. The number of amides is 1. The smallest absolute Gasteiger partial charge is 0.310 e. The zero-order valence-electron chi connectivity index (χ0n) is 11.9. The standard InChI is InChI=1S/C15H18FNO4/c1-20-15(19)11-5-4-8-17(9-11)14(18)10-21-13-7-3-2-6-12(13)16/h2-3,6-7,11H,4-5,8-10H2,1H3/t11-/m0/s1. The summed E-state index contributed by atoms with van der Waals surface area (Å²) in [5.74, 6) is -1.31. The summed E-state index contributed by atoms with van der Waals surface area (Å²) in [5, 5.41) is 0. The molecule has 0 aromatic heterocycles. The fourth-order valence-corrected chi connectivity index (χ4v) is 2.36. The van der Waals surface area contributed by atoms with Gasteiger partial charge in [0, 0.05) is 13.1 Å². The summed E-state index contributed by atoms with van der Waals surface area (Å²) in [6.45, 7) is 0.661. The van der Waals surface area contributed by atoms with Crippen molar-refractivity contribution in [3.8, 4) is 5.75 Å². The lowest BCUT2D eigenvalue weighted by Crippen LogP contribution is -2.44. The van der Waals surface area contributed by atoms with Gasteiger partial charge in [-0.2, -0.15) is 0 Å². The molecule has 6 heteroatoms. The van der Waals surface area contributed by atoms with Crippen molar-refractivity contribution in [1.82, 2.24) is 4.90 Å². The first-order valence-corrected chi connectivity index (χ1v) is 6.84. The number of likely N-dealkylation sites (tertiary alicyclic amines) is 1. The van der Waals surface area contributed by atoms with Gasteiger partial charge in [-0.3, -0.25) is 9.59 Å². The number of para-hydroxylation sites is 1. The average molecular weight is 295 g/mol. The third-order valence-corrected chi connectivity index (χ3v) is 3.50. The van der Waals surface area contributed by atoms with Crippen molar-refractivity contribution in [2.75, 3.05) is 26.8 Å². The van der Waals surface area contributed by atoms with Crippen LogP contribution in [-0.4, -0.2) is 43.6 Å². The third kappa shape index (κ3) is 3.93. The summed E-state index contributed by atoms with van der Waals surface area (Å²) < 4.78 is 23.3. The molecule has 0 saturated carbocycles. The van der Waals surface area contributed by atoms with E-state index in [9.17, 15) is 14.0 Å². The molecule has 0 N–H and O–H groups in total. The fraction of sp³-hybridized carbons (Fsp3) is 0.467. The number of halogens is 1. The SMILES string of the molecule is COC(=O)[C@H]1CCCN(C(=O)COc2ccccc2F)C1. The summed E-state index contributed by atoms with van der Waals surface area (Å²) >= 11 is 0. The normalized spacial score (nSPS) is 18.2. The lowest BCUT2D eigenvalue weighted by molar-refractivity contribution is -0.149. The predicted molar refractivity (Wildman–Crippen MR) is 73.2 cm³/mol. The van der Waals surface area contributed by atoms with E-state index in [4.69, 9.17) is 9.47 Å². The van der Waals surface area contributed by atoms with Gasteiger partial charge in [-0.15, -0.1) is 0 Å². The van der Waals surface area contributed by atoms with E-state index >= 15 is 0 Å². The largest absolute Gasteiger partial charge is 0.481 e. The molecule has 114 valence electrons. The molecule has 5 nitrogen and oxygen atoms in total. The molecule has 1 aliphatic rings. The van der Waals surface area contributed by atoms with E-state index < -0.39 is 5.82 Å². The van der Waals surface area contributed by atoms with Crippen LogP contribution < -0.4 is 4.74 Å². The predicted octanol–water partition coefficient (Wildman–Crippen LogP) is 1.62. The Morgan fingerprint density at radius 2 is 2.14 bits per heavy atom. The van der Waals surface area contributed by atoms with E-state index in [0.29, 0.717) is 19.5 Å². The number of benzene rings is 1. The van der Waals surface area contributed by atoms with Crippen LogP contribution >= 0.6 is 0 Å². The molecule has 0 bridgehead atoms. The van der Waals surface area contributed by atoms with E-state index in [1.54, 1.807) is 17.0 Å². The van der Waals surface area contributed by atoms with Crippen molar-refractivity contribution in [2.45, 2.75) is 12.8 Å². The molecule has 1 heterocycles. The van der Waals surface area contributed by atoms with Gasteiger partial charge in [0.15, 0.2) is 18.2 Å². The second kappa shape index (κ2) is 7.06. The molecular formula is C15H18FNO4. The van der Waals surface area contributed by atoms with Crippen LogP contribution in [0.2, 0.25) is 0 Å². The Kier molecular flexibility index (Phi) is 5.14. The van der Waals surface area contributed by atoms with E-state index in [1.165, 1.54) is 19.2 Å². The second-order valence-corrected chi connectivity index (χ2v) is 4.92. The maximum atomic E-state index is 13.4. The van der Waals surface area contributed by atoms with Crippen molar-refractivity contribution in [2.24, 2.45) is 5.92 Å². The molecule has 1 aliphatic heterocycles. The highest BCUT2D eigenvalue weighted by Crippen LogP contribution is 2.19. The van der Waals surface area contributed by atoms with Gasteiger partial charge in [-0.05, 0) is 25.0 Å². The first kappa shape index (κ1) is 15.3. The number of ether oxygens (including phenoxy) is 2. The minimum absolute atomic E-state index is 0.0485. The number of esters is 1. The number of rotatable bonds is 4. The Morgan fingerprint density at radius 1 is 1.38 bits per heavy atom. The van der Waals surface area contributed by atoms with Crippen LogP contribution in [0.1, 0.15) is 12.8 Å². The molecule has 1 amide bonds. The number of carbonyl (C=O) groups is 2. The van der Waals surface area contributed by atoms with E-state index in [-0.39, 0.29) is 30.2 Å². The number of hydrogen-bond donors (Lipinski definition) is 0. The maximum Gasteiger partial charge on any atom is 0.310 e. The van der Waals surface area contributed by atoms with E-state index in [2.05, 4.69) is 0 Å². The Balaban J connectivity index is 1.88. The number of carbonyl (C=O) groups excluding carboxylic acids is 2. The summed E-state index contributed by atoms with van der Waals surface area (Å²) in [6.07, 6.45) is 1.45. The molecule has 1 aromatic carbocycles. The van der Waals surface area contributed by atoms with Gasteiger partial charge >= 0.3 is 5.97 Å². The van der Waals surface area contributed by atoms with Crippen LogP contribution in [0.25, 0.3) is 0 Å². The van der Waals surface area contributed by atoms with Crippen molar-refractivity contribution in [3.63, 3.8) is 0 Å². The summed E-state index contributed by atoms with van der Waals surface area (Å²) in [5.41, 5.74) is 0. The quantitative estimate of drug-likeness (QED) is 0.792. The van der Waals surface area contributed by atoms with Crippen molar-refractivity contribution < 1.29 is 23.5 Å². The Morgan fingerprint density at radius 3 is 2.86 bits per heavy atom. The second-order valence-electron chi connectivity index (χ2n) is 4.92. The molecular weight excluding hydrogens is 277 g/mol. The first-order chi connectivity index (χ1) is 10.1. The topological polar surface area (TPSA) is 55.8 Å². The molecule has 0 aliphatic carbocycles. The van der Waals surface area contributed by atoms with Gasteiger partial charge in [-0.25, -0.2) is 4.39 Å². The highest BCUT2D eigenvalue weighted by atomic mass is 19.1. The van der Waals surface area contributed by atoms with Crippen molar-refractivity contribution in [1.29, 1.82) is 0 Å². The minimum Gasteiger partial charge on any atom is -0.481 e. The van der Waals surface area contributed by atoms with Crippen LogP contribution in [0.4, 0.5) is 4.39 Å². The Bertz CT molecular complexity index is 520. The number of hydrogen-bond acceptors (Lipinski definition) is 4. The van der Waals surface area contributed by atoms with Crippen LogP contribution in [-0.2, 0) is 14.3 Å². The first-order valence-electron chi connectivity index (χ1n) is 6.84. The highest BCUT2D eigenvalue weighted by molar-refractivity contribution is 5.79. The molecule has 0 radical (unpaired) electrons. The third-order valence-electron chi connectivity index (χ3n) is 3.50. The summed E-state index contributed by atoms with van der Waals surface area (Å²) in [6, 6.07) is 5.93. The molecule has 1 fully saturated rings. The minimum atomic E-state index is -0.503. The number of methoxy groups -OCH3 is 1. The summed E-state index contributed by atoms with van der Waals surface area (Å²) in [4.78, 5) is 25.1. The Labute approximate surface area is 122 Å². The fourth-order valence-electron chi connectivity index (χ4n) is 2.36. The zero-order valence-corrected chi connectivity index (χ0v) is 11.9. The molecule has 21 heavy (non-hydrogen) atoms. The maximum absolute atomic E-state index is 13.4. The van der Waals surface area contributed by atoms with Gasteiger partial charge in [0.2, 0.25) is 0 Å². The lowest BCUT2D eigenvalue weighted by Gasteiger charge is -2.31. The molecule has 1 atom stereocenters. The van der Waals surface area contributed by atoms with Gasteiger partial charge in [0.1, 0.15) is 0 Å². The molecule has 1 aromatic rings. The van der Waals surface area contributed by atoms with Crippen LogP contribution in [0, 0.1) is 11.7 Å². The zero-order chi connectivity index (χ0) is 15.2. The van der Waals surface area contributed by atoms with Crippen LogP contribution in [0.5, 0.6) is 5.75 Å². The number of piperidine rings is 1. The van der Waals surface area contributed by atoms with Crippen LogP contribution in [0.15, 0.2) is 24.3 Å². The van der Waals surface area contributed by atoms with E-state index in [1.807, 2.05) is 0 Å². The van der Waals surface area contributed by atoms with Gasteiger partial charge in [0.05, 0.1) is 13.0 Å². The van der Waals surface area contributed by atoms with Crippen molar-refractivity contribution >= 4 is 11.9 Å². The Hall–Kier alpha value is -2.11. The molecule has 2 rings (SSSR count). The lowest BCUT2D eigenvalue weighted by atomic mass is 9.98. The van der Waals surface area contributed by atoms with E-state index in [0.717, 1.165) is 6.42 Å².